The van der Waals surface area contributed by atoms with Crippen molar-refractivity contribution in [1.29, 1.82) is 0 Å². The van der Waals surface area contributed by atoms with E-state index in [4.69, 9.17) is 19.0 Å². The number of rotatable bonds is 7. The first kappa shape index (κ1) is 20.4. The number of halogens is 1. The van der Waals surface area contributed by atoms with E-state index in [9.17, 15) is 14.4 Å². The summed E-state index contributed by atoms with van der Waals surface area (Å²) in [5.74, 6) is -1.15. The molecule has 152 valence electrons. The lowest BCUT2D eigenvalue weighted by Crippen LogP contribution is -2.20. The molecule has 0 unspecified atom stereocenters. The van der Waals surface area contributed by atoms with Crippen LogP contribution in [0.2, 0.25) is 0 Å². The molecule has 10 nitrogen and oxygen atoms in total. The third-order valence-electron chi connectivity index (χ3n) is 3.86. The first-order valence-corrected chi connectivity index (χ1v) is 9.18. The number of carboxylic acids is 1. The lowest BCUT2D eigenvalue weighted by Gasteiger charge is -2.12. The maximum atomic E-state index is 12.1. The van der Waals surface area contributed by atoms with Gasteiger partial charge in [-0.15, -0.1) is 0 Å². The number of benzene rings is 1. The molecule has 0 fully saturated rings. The summed E-state index contributed by atoms with van der Waals surface area (Å²) in [4.78, 5) is 34.8. The Bertz CT molecular complexity index is 999. The molecule has 1 aromatic carbocycles. The Labute approximate surface area is 173 Å². The van der Waals surface area contributed by atoms with Crippen LogP contribution in [0.1, 0.15) is 35.9 Å². The van der Waals surface area contributed by atoms with Crippen molar-refractivity contribution in [2.45, 2.75) is 19.8 Å². The second kappa shape index (κ2) is 8.78. The predicted octanol–water partition coefficient (Wildman–Crippen LogP) is 2.73. The van der Waals surface area contributed by atoms with E-state index in [1.54, 1.807) is 25.1 Å². The van der Waals surface area contributed by atoms with Gasteiger partial charge in [0.1, 0.15) is 0 Å². The average molecular weight is 466 g/mol. The molecule has 0 radical (unpaired) electrons. The molecule has 2 aromatic rings. The van der Waals surface area contributed by atoms with Gasteiger partial charge in [-0.1, -0.05) is 0 Å². The monoisotopic (exact) mass is 465 g/mol. The van der Waals surface area contributed by atoms with Crippen LogP contribution in [0, 0.1) is 0 Å². The first-order chi connectivity index (χ1) is 13.8. The number of furan rings is 1. The molecule has 2 heterocycles. The number of hydrogen-bond donors (Lipinski definition) is 3. The number of hydrogen-bond acceptors (Lipinski definition) is 7. The summed E-state index contributed by atoms with van der Waals surface area (Å²) in [6.07, 6.45) is -0.489. The summed E-state index contributed by atoms with van der Waals surface area (Å²) in [6, 6.07) is 6.23. The summed E-state index contributed by atoms with van der Waals surface area (Å²) in [6.45, 7) is 1.66. The minimum atomic E-state index is -1.07. The van der Waals surface area contributed by atoms with Crippen molar-refractivity contribution in [1.82, 2.24) is 5.43 Å². The Morgan fingerprint density at radius 2 is 1.90 bits per heavy atom. The fourth-order valence-electron chi connectivity index (χ4n) is 2.46. The predicted molar refractivity (Wildman–Crippen MR) is 104 cm³/mol. The molecule has 0 atom stereocenters. The third kappa shape index (κ3) is 5.13. The molecular formula is C18H16BrN3O7. The van der Waals surface area contributed by atoms with Gasteiger partial charge >= 0.3 is 11.9 Å². The van der Waals surface area contributed by atoms with E-state index in [-0.39, 0.29) is 25.4 Å². The van der Waals surface area contributed by atoms with Gasteiger partial charge in [0.05, 0.1) is 17.8 Å². The molecular weight excluding hydrogens is 450 g/mol. The second-order valence-corrected chi connectivity index (χ2v) is 6.72. The van der Waals surface area contributed by atoms with Gasteiger partial charge in [0.25, 0.3) is 0 Å². The largest absolute Gasteiger partial charge is 0.481 e. The molecule has 0 saturated carbocycles. The number of fused-ring (bicyclic) bond motifs is 1. The Hall–Kier alpha value is -3.34. The molecule has 0 bridgehead atoms. The van der Waals surface area contributed by atoms with Crippen LogP contribution in [0.25, 0.3) is 0 Å². The molecule has 2 amide bonds. The number of carbonyl (C=O) groups is 3. The standard InChI is InChI=1S/C18H16BrN3O7/c1-9(21-22-18(26)12-2-3-15(19)29-12)10-6-13-14(28-8-27-13)7-11(10)20-16(23)4-5-17(24)25/h2-3,6-7H,4-5,8H2,1H3,(H,20,23)(H,22,26)(H,24,25). The summed E-state index contributed by atoms with van der Waals surface area (Å²) < 4.78 is 16.2. The highest BCUT2D eigenvalue weighted by molar-refractivity contribution is 9.10. The quantitative estimate of drug-likeness (QED) is 0.421. The van der Waals surface area contributed by atoms with Gasteiger partial charge in [-0.05, 0) is 41.1 Å². The van der Waals surface area contributed by atoms with Crippen molar-refractivity contribution in [3.63, 3.8) is 0 Å². The van der Waals surface area contributed by atoms with Crippen molar-refractivity contribution in [2.24, 2.45) is 5.10 Å². The van der Waals surface area contributed by atoms with Crippen molar-refractivity contribution >= 4 is 45.1 Å². The normalized spacial score (nSPS) is 12.6. The second-order valence-electron chi connectivity index (χ2n) is 5.93. The number of ether oxygens (including phenoxy) is 2. The van der Waals surface area contributed by atoms with Crippen LogP contribution < -0.4 is 20.2 Å². The Morgan fingerprint density at radius 3 is 2.55 bits per heavy atom. The summed E-state index contributed by atoms with van der Waals surface area (Å²) in [7, 11) is 0. The summed E-state index contributed by atoms with van der Waals surface area (Å²) in [5.41, 5.74) is 3.56. The number of hydrazone groups is 1. The van der Waals surface area contributed by atoms with Crippen molar-refractivity contribution in [3.8, 4) is 11.5 Å². The zero-order valence-corrected chi connectivity index (χ0v) is 16.7. The van der Waals surface area contributed by atoms with Crippen LogP contribution in [-0.2, 0) is 9.59 Å². The summed E-state index contributed by atoms with van der Waals surface area (Å²) >= 11 is 3.11. The molecule has 0 saturated heterocycles. The zero-order valence-electron chi connectivity index (χ0n) is 15.2. The van der Waals surface area contributed by atoms with E-state index in [1.165, 1.54) is 6.07 Å². The fraction of sp³-hybridized carbons (Fsp3) is 0.222. The van der Waals surface area contributed by atoms with Crippen LogP contribution >= 0.6 is 15.9 Å². The van der Waals surface area contributed by atoms with E-state index >= 15 is 0 Å². The minimum absolute atomic E-state index is 0.0332. The molecule has 11 heteroatoms. The van der Waals surface area contributed by atoms with Gasteiger partial charge in [-0.2, -0.15) is 5.10 Å². The summed E-state index contributed by atoms with van der Waals surface area (Å²) in [5, 5.41) is 15.4. The number of carboxylic acid groups (broad SMARTS) is 1. The zero-order chi connectivity index (χ0) is 21.0. The van der Waals surface area contributed by atoms with E-state index < -0.39 is 17.8 Å². The Kier molecular flexibility index (Phi) is 6.17. The Morgan fingerprint density at radius 1 is 1.17 bits per heavy atom. The maximum absolute atomic E-state index is 12.1. The average Bonchev–Trinajstić information content (AvgIpc) is 3.31. The van der Waals surface area contributed by atoms with Crippen LogP contribution in [0.15, 0.2) is 38.5 Å². The maximum Gasteiger partial charge on any atom is 0.307 e. The van der Waals surface area contributed by atoms with Gasteiger partial charge in [0, 0.05) is 18.1 Å². The molecule has 3 rings (SSSR count). The van der Waals surface area contributed by atoms with Crippen molar-refractivity contribution in [3.05, 3.63) is 40.3 Å². The first-order valence-electron chi connectivity index (χ1n) is 8.39. The third-order valence-corrected chi connectivity index (χ3v) is 4.29. The van der Waals surface area contributed by atoms with Gasteiger partial charge in [0.15, 0.2) is 21.9 Å². The van der Waals surface area contributed by atoms with Crippen LogP contribution in [0.4, 0.5) is 5.69 Å². The topological polar surface area (TPSA) is 139 Å². The SMILES string of the molecule is CC(=NNC(=O)c1ccc(Br)o1)c1cc2c(cc1NC(=O)CCC(=O)O)OCO2. The number of nitrogens with zero attached hydrogens (tertiary/aromatic N) is 1. The molecule has 29 heavy (non-hydrogen) atoms. The van der Waals surface area contributed by atoms with Gasteiger partial charge < -0.3 is 24.3 Å². The van der Waals surface area contributed by atoms with Crippen molar-refractivity contribution < 1.29 is 33.4 Å². The van der Waals surface area contributed by atoms with Gasteiger partial charge in [0.2, 0.25) is 12.7 Å². The lowest BCUT2D eigenvalue weighted by molar-refractivity contribution is -0.138. The minimum Gasteiger partial charge on any atom is -0.481 e. The molecule has 1 aliphatic heterocycles. The van der Waals surface area contributed by atoms with Crippen LogP contribution in [0.5, 0.6) is 11.5 Å². The van der Waals surface area contributed by atoms with Crippen molar-refractivity contribution in [2.75, 3.05) is 12.1 Å². The molecule has 0 aliphatic carbocycles. The number of nitrogens with one attached hydrogen (secondary N) is 2. The number of amides is 2. The van der Waals surface area contributed by atoms with Crippen LogP contribution in [-0.4, -0.2) is 35.4 Å². The van der Waals surface area contributed by atoms with Crippen LogP contribution in [0.3, 0.4) is 0 Å². The van der Waals surface area contributed by atoms with E-state index in [0.717, 1.165) is 0 Å². The van der Waals surface area contributed by atoms with Gasteiger partial charge in [-0.25, -0.2) is 5.43 Å². The number of anilines is 1. The molecule has 0 spiro atoms. The highest BCUT2D eigenvalue weighted by Crippen LogP contribution is 2.37. The van der Waals surface area contributed by atoms with Gasteiger partial charge in [-0.3, -0.25) is 14.4 Å². The fourth-order valence-corrected chi connectivity index (χ4v) is 2.77. The lowest BCUT2D eigenvalue weighted by atomic mass is 10.1. The van der Waals surface area contributed by atoms with E-state index in [2.05, 4.69) is 31.8 Å². The molecule has 3 N–H and O–H groups in total. The molecule has 1 aliphatic rings. The van der Waals surface area contributed by atoms with E-state index in [0.29, 0.717) is 33.1 Å². The highest BCUT2D eigenvalue weighted by Gasteiger charge is 2.20. The number of aliphatic carboxylic acids is 1. The highest BCUT2D eigenvalue weighted by atomic mass is 79.9. The molecule has 1 aromatic heterocycles. The number of carbonyl (C=O) groups excluding carboxylic acids is 2. The Balaban J connectivity index is 1.81. The van der Waals surface area contributed by atoms with E-state index in [1.807, 2.05) is 0 Å². The smallest absolute Gasteiger partial charge is 0.307 e.